The van der Waals surface area contributed by atoms with E-state index in [1.54, 1.807) is 6.92 Å². The zero-order valence-electron chi connectivity index (χ0n) is 12.9. The highest BCUT2D eigenvalue weighted by molar-refractivity contribution is 5.93. The minimum absolute atomic E-state index is 0.0869. The standard InChI is InChI=1S/C11H13N3O4.C3H6O/c1-3-4-5-7-6-8(18-12-7)14-10(16)9(15)13(2)11(14)17;1-3(2)4/h6,9-10,15-16H,5H2,1-2H3;1-2H3. The average Bonchev–Trinajstić information content (AvgIpc) is 2.97. The van der Waals surface area contributed by atoms with Crippen LogP contribution in [0.25, 0.3) is 0 Å². The molecule has 8 nitrogen and oxygen atoms in total. The van der Waals surface area contributed by atoms with Crippen molar-refractivity contribution in [2.24, 2.45) is 0 Å². The maximum absolute atomic E-state index is 11.8. The lowest BCUT2D eigenvalue weighted by molar-refractivity contribution is -0.114. The fraction of sp³-hybridized carbons (Fsp3) is 0.500. The zero-order chi connectivity index (χ0) is 16.9. The van der Waals surface area contributed by atoms with E-state index in [0.29, 0.717) is 12.1 Å². The molecule has 1 saturated heterocycles. The number of carbonyl (C=O) groups is 2. The Bertz CT molecular complexity index is 597. The number of likely N-dealkylation sites (N-methyl/N-ethyl adjacent to an activating group) is 1. The van der Waals surface area contributed by atoms with Gasteiger partial charge in [-0.3, -0.25) is 4.90 Å². The predicted octanol–water partition coefficient (Wildman–Crippen LogP) is 0.344. The van der Waals surface area contributed by atoms with Crippen molar-refractivity contribution in [3.05, 3.63) is 11.8 Å². The zero-order valence-corrected chi connectivity index (χ0v) is 12.9. The number of urea groups is 1. The molecule has 8 heteroatoms. The number of hydrogen-bond acceptors (Lipinski definition) is 6. The van der Waals surface area contributed by atoms with Crippen molar-refractivity contribution in [2.45, 2.75) is 39.6 Å². The second kappa shape index (κ2) is 7.59. The third-order valence-electron chi connectivity index (χ3n) is 2.67. The monoisotopic (exact) mass is 309 g/mol. The third kappa shape index (κ3) is 4.07. The number of ketones is 1. The number of hydrogen-bond donors (Lipinski definition) is 2. The molecule has 0 spiro atoms. The summed E-state index contributed by atoms with van der Waals surface area (Å²) in [6.45, 7) is 4.76. The van der Waals surface area contributed by atoms with Crippen molar-refractivity contribution in [1.29, 1.82) is 0 Å². The molecule has 0 bridgehead atoms. The van der Waals surface area contributed by atoms with E-state index in [-0.39, 0.29) is 11.7 Å². The minimum atomic E-state index is -1.37. The molecule has 1 aromatic heterocycles. The van der Waals surface area contributed by atoms with Crippen LogP contribution in [0.1, 0.15) is 26.5 Å². The van der Waals surface area contributed by atoms with Gasteiger partial charge in [0.15, 0.2) is 12.5 Å². The number of nitrogens with zero attached hydrogens (tertiary/aromatic N) is 3. The Balaban J connectivity index is 0.000000541. The van der Waals surface area contributed by atoms with Gasteiger partial charge in [-0.05, 0) is 20.8 Å². The molecule has 22 heavy (non-hydrogen) atoms. The molecular weight excluding hydrogens is 290 g/mol. The van der Waals surface area contributed by atoms with E-state index in [9.17, 15) is 19.8 Å². The maximum Gasteiger partial charge on any atom is 0.331 e. The van der Waals surface area contributed by atoms with Crippen molar-refractivity contribution >= 4 is 17.7 Å². The van der Waals surface area contributed by atoms with Gasteiger partial charge < -0.3 is 19.5 Å². The van der Waals surface area contributed by atoms with Crippen LogP contribution in [-0.4, -0.2) is 51.6 Å². The molecule has 2 N–H and O–H groups in total. The topological polar surface area (TPSA) is 107 Å². The normalized spacial score (nSPS) is 20.2. The number of rotatable bonds is 2. The SMILES string of the molecule is CC#CCc1cc(N2C(=O)N(C)C(O)C2O)on1.CC(C)=O. The Morgan fingerprint density at radius 3 is 2.45 bits per heavy atom. The first-order chi connectivity index (χ1) is 10.3. The van der Waals surface area contributed by atoms with Gasteiger partial charge in [0.05, 0.1) is 12.1 Å². The lowest BCUT2D eigenvalue weighted by Crippen LogP contribution is -2.36. The van der Waals surface area contributed by atoms with Crippen LogP contribution in [0.3, 0.4) is 0 Å². The fourth-order valence-electron chi connectivity index (χ4n) is 1.63. The highest BCUT2D eigenvalue weighted by atomic mass is 16.5. The van der Waals surface area contributed by atoms with E-state index in [0.717, 1.165) is 9.80 Å². The molecule has 120 valence electrons. The van der Waals surface area contributed by atoms with Crippen LogP contribution in [-0.2, 0) is 11.2 Å². The Morgan fingerprint density at radius 2 is 2.00 bits per heavy atom. The van der Waals surface area contributed by atoms with Crippen molar-refractivity contribution in [2.75, 3.05) is 11.9 Å². The summed E-state index contributed by atoms with van der Waals surface area (Å²) in [5.74, 6) is 5.78. The van der Waals surface area contributed by atoms with E-state index in [2.05, 4.69) is 17.0 Å². The Labute approximate surface area is 128 Å². The molecule has 1 fully saturated rings. The van der Waals surface area contributed by atoms with E-state index >= 15 is 0 Å². The molecule has 0 aromatic carbocycles. The lowest BCUT2D eigenvalue weighted by Gasteiger charge is -2.14. The molecular formula is C14H19N3O5. The van der Waals surface area contributed by atoms with Crippen LogP contribution >= 0.6 is 0 Å². The molecule has 0 aliphatic carbocycles. The third-order valence-corrected chi connectivity index (χ3v) is 2.67. The number of carbonyl (C=O) groups excluding carboxylic acids is 2. The van der Waals surface area contributed by atoms with Crippen molar-refractivity contribution in [1.82, 2.24) is 10.1 Å². The Kier molecular flexibility index (Phi) is 6.10. The summed E-state index contributed by atoms with van der Waals surface area (Å²) in [6.07, 6.45) is -2.27. The van der Waals surface area contributed by atoms with Crippen molar-refractivity contribution < 1.29 is 24.3 Å². The summed E-state index contributed by atoms with van der Waals surface area (Å²) < 4.78 is 4.97. The molecule has 2 atom stereocenters. The van der Waals surface area contributed by atoms with E-state index < -0.39 is 18.5 Å². The summed E-state index contributed by atoms with van der Waals surface area (Å²) in [5.41, 5.74) is 0.559. The van der Waals surface area contributed by atoms with Crippen molar-refractivity contribution in [3.8, 4) is 11.8 Å². The fourth-order valence-corrected chi connectivity index (χ4v) is 1.63. The van der Waals surface area contributed by atoms with Gasteiger partial charge in [0.25, 0.3) is 0 Å². The number of aliphatic hydroxyl groups is 2. The number of aromatic nitrogens is 1. The highest BCUT2D eigenvalue weighted by Crippen LogP contribution is 2.26. The smallest absolute Gasteiger partial charge is 0.331 e. The molecule has 2 rings (SSSR count). The Morgan fingerprint density at radius 1 is 1.41 bits per heavy atom. The van der Waals surface area contributed by atoms with Gasteiger partial charge in [-0.2, -0.15) is 0 Å². The lowest BCUT2D eigenvalue weighted by atomic mass is 10.3. The molecule has 1 aromatic rings. The van der Waals surface area contributed by atoms with Crippen LogP contribution in [0.4, 0.5) is 10.7 Å². The first kappa shape index (κ1) is 17.7. The Hall–Kier alpha value is -2.37. The molecule has 2 heterocycles. The van der Waals surface area contributed by atoms with E-state index in [1.807, 2.05) is 0 Å². The minimum Gasteiger partial charge on any atom is -0.369 e. The second-order valence-corrected chi connectivity index (χ2v) is 4.76. The quantitative estimate of drug-likeness (QED) is 0.763. The number of aliphatic hydroxyl groups excluding tert-OH is 2. The maximum atomic E-state index is 11.8. The summed E-state index contributed by atoms with van der Waals surface area (Å²) in [6, 6.07) is 0.955. The largest absolute Gasteiger partial charge is 0.369 e. The van der Waals surface area contributed by atoms with Gasteiger partial charge in [-0.15, -0.1) is 5.92 Å². The van der Waals surface area contributed by atoms with Crippen LogP contribution in [0.5, 0.6) is 0 Å². The van der Waals surface area contributed by atoms with Crippen LogP contribution in [0.15, 0.2) is 10.6 Å². The van der Waals surface area contributed by atoms with Gasteiger partial charge in [-0.1, -0.05) is 11.1 Å². The van der Waals surface area contributed by atoms with Gasteiger partial charge in [0.1, 0.15) is 5.78 Å². The summed E-state index contributed by atoms with van der Waals surface area (Å²) in [5, 5.41) is 23.0. The van der Waals surface area contributed by atoms with Gasteiger partial charge in [-0.25, -0.2) is 9.69 Å². The van der Waals surface area contributed by atoms with Crippen LogP contribution in [0, 0.1) is 11.8 Å². The molecule has 2 unspecified atom stereocenters. The number of anilines is 1. The molecule has 1 aliphatic heterocycles. The molecule has 0 radical (unpaired) electrons. The van der Waals surface area contributed by atoms with Crippen LogP contribution in [0.2, 0.25) is 0 Å². The molecule has 1 aliphatic rings. The average molecular weight is 309 g/mol. The molecule has 0 saturated carbocycles. The number of amides is 2. The summed E-state index contributed by atoms with van der Waals surface area (Å²) >= 11 is 0. The van der Waals surface area contributed by atoms with Crippen molar-refractivity contribution in [3.63, 3.8) is 0 Å². The highest BCUT2D eigenvalue weighted by Gasteiger charge is 2.44. The van der Waals surface area contributed by atoms with E-state index in [1.165, 1.54) is 27.0 Å². The van der Waals surface area contributed by atoms with Gasteiger partial charge in [0.2, 0.25) is 5.88 Å². The first-order valence-electron chi connectivity index (χ1n) is 6.54. The van der Waals surface area contributed by atoms with Gasteiger partial charge >= 0.3 is 6.03 Å². The summed E-state index contributed by atoms with van der Waals surface area (Å²) in [7, 11) is 1.38. The van der Waals surface area contributed by atoms with Gasteiger partial charge in [0, 0.05) is 13.1 Å². The van der Waals surface area contributed by atoms with Crippen LogP contribution < -0.4 is 4.90 Å². The number of Topliss-reactive ketones (excluding diaryl/α,β-unsaturated/α-hetero) is 1. The first-order valence-corrected chi connectivity index (χ1v) is 6.54. The molecule has 2 amide bonds. The predicted molar refractivity (Wildman–Crippen MR) is 77.7 cm³/mol. The summed E-state index contributed by atoms with van der Waals surface area (Å²) in [4.78, 5) is 23.2. The second-order valence-electron chi connectivity index (χ2n) is 4.76. The van der Waals surface area contributed by atoms with E-state index in [4.69, 9.17) is 4.52 Å².